The molecule has 1 saturated carbocycles. The number of aliphatic hydroxyl groups is 1. The van der Waals surface area contributed by atoms with E-state index in [1.807, 2.05) is 0 Å². The highest BCUT2D eigenvalue weighted by Gasteiger charge is 2.67. The van der Waals surface area contributed by atoms with Crippen molar-refractivity contribution in [2.45, 2.75) is 50.9 Å². The van der Waals surface area contributed by atoms with E-state index in [0.717, 1.165) is 12.1 Å². The van der Waals surface area contributed by atoms with E-state index in [1.165, 1.54) is 19.1 Å². The fourth-order valence-corrected chi connectivity index (χ4v) is 2.68. The van der Waals surface area contributed by atoms with E-state index in [9.17, 15) is 36.2 Å². The van der Waals surface area contributed by atoms with Gasteiger partial charge in [-0.2, -0.15) is 13.2 Å². The van der Waals surface area contributed by atoms with E-state index >= 15 is 0 Å². The van der Waals surface area contributed by atoms with Gasteiger partial charge in [0.05, 0.1) is 24.0 Å². The monoisotopic (exact) mass is 385 g/mol. The zero-order valence-corrected chi connectivity index (χ0v) is 13.6. The second-order valence-corrected chi connectivity index (χ2v) is 6.28. The van der Waals surface area contributed by atoms with Gasteiger partial charge in [0.2, 0.25) is 5.91 Å². The molecular weight excluding hydrogens is 368 g/mol. The molecule has 0 bridgehead atoms. The van der Waals surface area contributed by atoms with Crippen molar-refractivity contribution >= 4 is 5.91 Å². The number of hydrogen-bond donors (Lipinski definition) is 2. The van der Waals surface area contributed by atoms with Crippen LogP contribution in [0.25, 0.3) is 0 Å². The lowest BCUT2D eigenvalue weighted by Crippen LogP contribution is -2.40. The van der Waals surface area contributed by atoms with E-state index in [-0.39, 0.29) is 18.4 Å². The number of aliphatic hydroxyl groups excluding tert-OH is 1. The van der Waals surface area contributed by atoms with Crippen LogP contribution in [0, 0.1) is 5.41 Å². The number of amides is 1. The van der Waals surface area contributed by atoms with E-state index in [4.69, 9.17) is 0 Å². The van der Waals surface area contributed by atoms with Crippen LogP contribution in [0.15, 0.2) is 24.3 Å². The van der Waals surface area contributed by atoms with Crippen molar-refractivity contribution in [2.75, 3.05) is 0 Å². The highest BCUT2D eigenvalue weighted by molar-refractivity contribution is 5.77. The van der Waals surface area contributed by atoms with Crippen molar-refractivity contribution < 1.29 is 41.0 Å². The molecule has 4 nitrogen and oxygen atoms in total. The van der Waals surface area contributed by atoms with E-state index in [1.54, 1.807) is 0 Å². The summed E-state index contributed by atoms with van der Waals surface area (Å²) in [5.41, 5.74) is -1.97. The van der Waals surface area contributed by atoms with Gasteiger partial charge in [-0.25, -0.2) is 0 Å². The molecule has 0 spiro atoms. The van der Waals surface area contributed by atoms with Gasteiger partial charge in [-0.05, 0) is 37.5 Å². The summed E-state index contributed by atoms with van der Waals surface area (Å²) in [4.78, 5) is 11.9. The van der Waals surface area contributed by atoms with Crippen molar-refractivity contribution in [3.05, 3.63) is 29.8 Å². The van der Waals surface area contributed by atoms with Crippen LogP contribution in [0.5, 0.6) is 5.75 Å². The van der Waals surface area contributed by atoms with Crippen molar-refractivity contribution in [3.63, 3.8) is 0 Å². The number of benzene rings is 1. The predicted octanol–water partition coefficient (Wildman–Crippen LogP) is 3.86. The van der Waals surface area contributed by atoms with Gasteiger partial charge in [-0.1, -0.05) is 12.1 Å². The number of ether oxygens (including phenoxy) is 1. The topological polar surface area (TPSA) is 58.6 Å². The summed E-state index contributed by atoms with van der Waals surface area (Å²) in [7, 11) is 0. The molecule has 0 unspecified atom stereocenters. The van der Waals surface area contributed by atoms with Gasteiger partial charge < -0.3 is 15.2 Å². The highest BCUT2D eigenvalue weighted by Crippen LogP contribution is 2.60. The standard InChI is InChI=1S/C16H17F6NO3/c1-9(10-3-2-4-11(7-10)26-16(20,21)22)23-13(25)8-12(24)14(5-6-14)15(17,18)19/h2-4,7,9,12,24H,5-6,8H2,1H3,(H,23,25)/t9-,12+/m0/s1. The fourth-order valence-electron chi connectivity index (χ4n) is 2.68. The molecule has 0 saturated heterocycles. The Kier molecular flexibility index (Phi) is 5.46. The Labute approximate surface area is 145 Å². The lowest BCUT2D eigenvalue weighted by molar-refractivity contribution is -0.274. The first kappa shape index (κ1) is 20.3. The van der Waals surface area contributed by atoms with Crippen LogP contribution in [0.4, 0.5) is 26.3 Å². The largest absolute Gasteiger partial charge is 0.573 e. The van der Waals surface area contributed by atoms with Gasteiger partial charge in [0.1, 0.15) is 5.75 Å². The average molecular weight is 385 g/mol. The van der Waals surface area contributed by atoms with Gasteiger partial charge in [-0.3, -0.25) is 4.79 Å². The zero-order chi connectivity index (χ0) is 19.8. The molecule has 26 heavy (non-hydrogen) atoms. The molecule has 1 aromatic rings. The lowest BCUT2D eigenvalue weighted by atomic mass is 9.95. The number of carbonyl (C=O) groups excluding carboxylic acids is 1. The van der Waals surface area contributed by atoms with Crippen molar-refractivity contribution in [2.24, 2.45) is 5.41 Å². The quantitative estimate of drug-likeness (QED) is 0.732. The van der Waals surface area contributed by atoms with E-state index in [0.29, 0.717) is 0 Å². The van der Waals surface area contributed by atoms with Crippen molar-refractivity contribution in [3.8, 4) is 5.75 Å². The first-order chi connectivity index (χ1) is 11.8. The molecule has 1 aromatic carbocycles. The van der Waals surface area contributed by atoms with Crippen molar-refractivity contribution in [1.29, 1.82) is 0 Å². The molecule has 2 rings (SSSR count). The molecule has 0 aromatic heterocycles. The molecule has 2 N–H and O–H groups in total. The Morgan fingerprint density at radius 1 is 1.27 bits per heavy atom. The van der Waals surface area contributed by atoms with Crippen LogP contribution >= 0.6 is 0 Å². The molecule has 1 fully saturated rings. The third kappa shape index (κ3) is 4.80. The van der Waals surface area contributed by atoms with Crippen LogP contribution in [0.2, 0.25) is 0 Å². The van der Waals surface area contributed by atoms with E-state index in [2.05, 4.69) is 10.1 Å². The zero-order valence-electron chi connectivity index (χ0n) is 13.6. The van der Waals surface area contributed by atoms with Crippen molar-refractivity contribution in [1.82, 2.24) is 5.32 Å². The maximum Gasteiger partial charge on any atom is 0.573 e. The molecule has 2 atom stereocenters. The minimum absolute atomic E-state index is 0.239. The highest BCUT2D eigenvalue weighted by atomic mass is 19.4. The number of halogens is 6. The van der Waals surface area contributed by atoms with Crippen LogP contribution in [-0.4, -0.2) is 29.7 Å². The number of nitrogens with one attached hydrogen (secondary N) is 1. The van der Waals surface area contributed by atoms with Crippen LogP contribution in [0.1, 0.15) is 37.8 Å². The summed E-state index contributed by atoms with van der Waals surface area (Å²) >= 11 is 0. The lowest BCUT2D eigenvalue weighted by Gasteiger charge is -2.25. The average Bonchev–Trinajstić information content (AvgIpc) is 3.26. The third-order valence-corrected chi connectivity index (χ3v) is 4.34. The fraction of sp³-hybridized carbons (Fsp3) is 0.562. The smallest absolute Gasteiger partial charge is 0.406 e. The molecular formula is C16H17F6NO3. The summed E-state index contributed by atoms with van der Waals surface area (Å²) in [6.45, 7) is 1.45. The molecule has 1 aliphatic carbocycles. The SMILES string of the molecule is C[C@H](NC(=O)C[C@@H](O)C1(C(F)(F)F)CC1)c1cccc(OC(F)(F)F)c1. The maximum absolute atomic E-state index is 12.9. The summed E-state index contributed by atoms with van der Waals surface area (Å²) in [5, 5.41) is 12.1. The first-order valence-electron chi connectivity index (χ1n) is 7.74. The minimum atomic E-state index is -4.87. The number of alkyl halides is 6. The molecule has 0 aliphatic heterocycles. The van der Waals surface area contributed by atoms with Crippen LogP contribution < -0.4 is 10.1 Å². The first-order valence-corrected chi connectivity index (χ1v) is 7.74. The Morgan fingerprint density at radius 2 is 1.88 bits per heavy atom. The Bertz CT molecular complexity index is 654. The Balaban J connectivity index is 1.96. The number of carbonyl (C=O) groups is 1. The molecule has 0 heterocycles. The van der Waals surface area contributed by atoms with Gasteiger partial charge in [0.15, 0.2) is 0 Å². The minimum Gasteiger partial charge on any atom is -0.406 e. The number of hydrogen-bond acceptors (Lipinski definition) is 3. The normalized spacial score (nSPS) is 18.8. The molecule has 146 valence electrons. The molecule has 1 aliphatic rings. The predicted molar refractivity (Wildman–Crippen MR) is 78.0 cm³/mol. The molecule has 1 amide bonds. The summed E-state index contributed by atoms with van der Waals surface area (Å²) < 4.78 is 79.2. The van der Waals surface area contributed by atoms with Gasteiger partial charge >= 0.3 is 12.5 Å². The van der Waals surface area contributed by atoms with Crippen LogP contribution in [-0.2, 0) is 4.79 Å². The summed E-state index contributed by atoms with van der Waals surface area (Å²) in [6, 6.07) is 4.08. The number of rotatable bonds is 6. The Morgan fingerprint density at radius 3 is 2.38 bits per heavy atom. The second-order valence-electron chi connectivity index (χ2n) is 6.28. The van der Waals surface area contributed by atoms with E-state index < -0.39 is 48.2 Å². The van der Waals surface area contributed by atoms with Gasteiger partial charge in [-0.15, -0.1) is 13.2 Å². The third-order valence-electron chi connectivity index (χ3n) is 4.34. The molecule has 10 heteroatoms. The summed E-state index contributed by atoms with van der Waals surface area (Å²) in [5.74, 6) is -1.31. The van der Waals surface area contributed by atoms with Gasteiger partial charge in [0.25, 0.3) is 0 Å². The maximum atomic E-state index is 12.9. The van der Waals surface area contributed by atoms with Crippen LogP contribution in [0.3, 0.4) is 0 Å². The Hall–Kier alpha value is -1.97. The van der Waals surface area contributed by atoms with Gasteiger partial charge in [0, 0.05) is 0 Å². The second kappa shape index (κ2) is 6.98. The molecule has 0 radical (unpaired) electrons. The summed E-state index contributed by atoms with van der Waals surface area (Å²) in [6.07, 6.45) is -12.6.